The van der Waals surface area contributed by atoms with Crippen LogP contribution in [0.1, 0.15) is 46.8 Å². The molecule has 0 aliphatic heterocycles. The normalized spacial score (nSPS) is 10.8. The van der Waals surface area contributed by atoms with E-state index < -0.39 is 0 Å². The fraction of sp³-hybridized carbons (Fsp3) is 0.211. The maximum absolute atomic E-state index is 12.8. The molecule has 0 saturated heterocycles. The fourth-order valence-electron chi connectivity index (χ4n) is 2.67. The Balaban J connectivity index is 1.93. The van der Waals surface area contributed by atoms with Gasteiger partial charge >= 0.3 is 0 Å². The molecule has 0 unspecified atom stereocenters. The molecular weight excluding hydrogens is 302 g/mol. The Morgan fingerprint density at radius 2 is 1.88 bits per heavy atom. The smallest absolute Gasteiger partial charge is 0.274 e. The zero-order chi connectivity index (χ0) is 17.1. The number of hydrogen-bond acceptors (Lipinski definition) is 3. The molecular formula is C19H19N3O2. The first kappa shape index (κ1) is 15.9. The molecule has 24 heavy (non-hydrogen) atoms. The van der Waals surface area contributed by atoms with Gasteiger partial charge in [-0.2, -0.15) is 0 Å². The summed E-state index contributed by atoms with van der Waals surface area (Å²) in [6.45, 7) is 3.58. The molecule has 2 aromatic heterocycles. The van der Waals surface area contributed by atoms with Crippen LogP contribution in [0.3, 0.4) is 0 Å². The van der Waals surface area contributed by atoms with E-state index in [-0.39, 0.29) is 11.7 Å². The van der Waals surface area contributed by atoms with Gasteiger partial charge in [0.15, 0.2) is 5.78 Å². The molecule has 5 heteroatoms. The van der Waals surface area contributed by atoms with E-state index in [1.165, 1.54) is 6.92 Å². The van der Waals surface area contributed by atoms with Crippen LogP contribution in [-0.2, 0) is 6.42 Å². The van der Waals surface area contributed by atoms with Crippen molar-refractivity contribution in [1.82, 2.24) is 9.38 Å². The molecule has 0 bridgehead atoms. The molecule has 0 saturated carbocycles. The van der Waals surface area contributed by atoms with Crippen molar-refractivity contribution in [3.05, 3.63) is 65.6 Å². The Morgan fingerprint density at radius 3 is 2.54 bits per heavy atom. The van der Waals surface area contributed by atoms with E-state index >= 15 is 0 Å². The third kappa shape index (κ3) is 3.06. The zero-order valence-corrected chi connectivity index (χ0v) is 13.7. The van der Waals surface area contributed by atoms with Crippen LogP contribution >= 0.6 is 0 Å². The van der Waals surface area contributed by atoms with Crippen LogP contribution in [0, 0.1) is 0 Å². The minimum absolute atomic E-state index is 0.0000993. The number of carbonyl (C=O) groups is 2. The number of ketones is 1. The number of rotatable bonds is 5. The van der Waals surface area contributed by atoms with Crippen molar-refractivity contribution in [3.8, 4) is 0 Å². The number of nitrogens with one attached hydrogen (secondary N) is 1. The van der Waals surface area contributed by atoms with E-state index in [1.54, 1.807) is 24.3 Å². The lowest BCUT2D eigenvalue weighted by Gasteiger charge is -2.07. The number of pyridine rings is 1. The van der Waals surface area contributed by atoms with E-state index in [4.69, 9.17) is 0 Å². The Bertz CT molecular complexity index is 895. The third-order valence-electron chi connectivity index (χ3n) is 3.85. The second kappa shape index (κ2) is 6.66. The molecule has 0 aliphatic rings. The summed E-state index contributed by atoms with van der Waals surface area (Å²) in [5.41, 5.74) is 3.38. The SMILES string of the molecule is CCCc1nc2ccccn2c1C(=O)Nc1ccc(C(C)=O)cc1. The van der Waals surface area contributed by atoms with Gasteiger partial charge in [-0.3, -0.25) is 14.0 Å². The first-order valence-corrected chi connectivity index (χ1v) is 7.98. The number of Topliss-reactive ketones (excluding diaryl/α,β-unsaturated/α-hetero) is 1. The molecule has 0 fully saturated rings. The molecule has 1 N–H and O–H groups in total. The molecule has 0 spiro atoms. The lowest BCUT2D eigenvalue weighted by molar-refractivity contribution is 0.101. The van der Waals surface area contributed by atoms with Gasteiger partial charge in [-0.05, 0) is 49.7 Å². The van der Waals surface area contributed by atoms with E-state index in [2.05, 4.69) is 17.2 Å². The molecule has 0 radical (unpaired) electrons. The van der Waals surface area contributed by atoms with Crippen molar-refractivity contribution in [3.63, 3.8) is 0 Å². The summed E-state index contributed by atoms with van der Waals surface area (Å²) in [5.74, 6) is -0.201. The Labute approximate surface area is 140 Å². The van der Waals surface area contributed by atoms with Gasteiger partial charge in [0.05, 0.1) is 5.69 Å². The average Bonchev–Trinajstić information content (AvgIpc) is 2.93. The molecule has 2 heterocycles. The third-order valence-corrected chi connectivity index (χ3v) is 3.85. The van der Waals surface area contributed by atoms with Crippen molar-refractivity contribution in [1.29, 1.82) is 0 Å². The van der Waals surface area contributed by atoms with Gasteiger partial charge < -0.3 is 5.32 Å². The van der Waals surface area contributed by atoms with Gasteiger partial charge in [0.1, 0.15) is 11.3 Å². The number of aromatic nitrogens is 2. The highest BCUT2D eigenvalue weighted by Gasteiger charge is 2.18. The van der Waals surface area contributed by atoms with E-state index in [0.29, 0.717) is 16.9 Å². The summed E-state index contributed by atoms with van der Waals surface area (Å²) >= 11 is 0. The van der Waals surface area contributed by atoms with Crippen molar-refractivity contribution in [2.75, 3.05) is 5.32 Å². The molecule has 5 nitrogen and oxygen atoms in total. The number of hydrogen-bond donors (Lipinski definition) is 1. The van der Waals surface area contributed by atoms with Gasteiger partial charge in [0.25, 0.3) is 5.91 Å². The van der Waals surface area contributed by atoms with E-state index in [0.717, 1.165) is 24.2 Å². The van der Waals surface area contributed by atoms with Crippen LogP contribution in [0.2, 0.25) is 0 Å². The summed E-state index contributed by atoms with van der Waals surface area (Å²) in [4.78, 5) is 28.7. The molecule has 1 amide bonds. The number of benzene rings is 1. The average molecular weight is 321 g/mol. The van der Waals surface area contributed by atoms with Crippen LogP contribution in [0.15, 0.2) is 48.7 Å². The van der Waals surface area contributed by atoms with Gasteiger partial charge in [-0.25, -0.2) is 4.98 Å². The predicted molar refractivity (Wildman–Crippen MR) is 93.6 cm³/mol. The van der Waals surface area contributed by atoms with Crippen LogP contribution in [-0.4, -0.2) is 21.1 Å². The minimum Gasteiger partial charge on any atom is -0.321 e. The Kier molecular flexibility index (Phi) is 4.42. The zero-order valence-electron chi connectivity index (χ0n) is 13.7. The van der Waals surface area contributed by atoms with Crippen LogP contribution < -0.4 is 5.32 Å². The molecule has 122 valence electrons. The monoisotopic (exact) mass is 321 g/mol. The number of fused-ring (bicyclic) bond motifs is 1. The van der Waals surface area contributed by atoms with Gasteiger partial charge in [0, 0.05) is 17.4 Å². The summed E-state index contributed by atoms with van der Waals surface area (Å²) in [7, 11) is 0. The number of nitrogens with zero attached hydrogens (tertiary/aromatic N) is 2. The highest BCUT2D eigenvalue weighted by atomic mass is 16.2. The van der Waals surface area contributed by atoms with Crippen molar-refractivity contribution in [2.45, 2.75) is 26.7 Å². The Hall–Kier alpha value is -2.95. The van der Waals surface area contributed by atoms with Crippen LogP contribution in [0.4, 0.5) is 5.69 Å². The molecule has 1 aromatic carbocycles. The van der Waals surface area contributed by atoms with E-state index in [1.807, 2.05) is 28.8 Å². The number of aryl methyl sites for hydroxylation is 1. The summed E-state index contributed by atoms with van der Waals surface area (Å²) in [6, 6.07) is 12.5. The van der Waals surface area contributed by atoms with Gasteiger partial charge in [-0.15, -0.1) is 0 Å². The Morgan fingerprint density at radius 1 is 1.12 bits per heavy atom. The topological polar surface area (TPSA) is 63.5 Å². The second-order valence-electron chi connectivity index (χ2n) is 5.67. The summed E-state index contributed by atoms with van der Waals surface area (Å²) < 4.78 is 1.81. The lowest BCUT2D eigenvalue weighted by atomic mass is 10.1. The molecule has 0 atom stereocenters. The number of anilines is 1. The predicted octanol–water partition coefficient (Wildman–Crippen LogP) is 3.74. The second-order valence-corrected chi connectivity index (χ2v) is 5.67. The minimum atomic E-state index is -0.201. The first-order valence-electron chi connectivity index (χ1n) is 7.98. The van der Waals surface area contributed by atoms with Crippen LogP contribution in [0.5, 0.6) is 0 Å². The summed E-state index contributed by atoms with van der Waals surface area (Å²) in [5, 5.41) is 2.89. The fourth-order valence-corrected chi connectivity index (χ4v) is 2.67. The highest BCUT2D eigenvalue weighted by Crippen LogP contribution is 2.17. The van der Waals surface area contributed by atoms with Gasteiger partial charge in [0.2, 0.25) is 0 Å². The maximum Gasteiger partial charge on any atom is 0.274 e. The van der Waals surface area contributed by atoms with Gasteiger partial charge in [-0.1, -0.05) is 19.4 Å². The van der Waals surface area contributed by atoms with E-state index in [9.17, 15) is 9.59 Å². The molecule has 3 aromatic rings. The van der Waals surface area contributed by atoms with Crippen molar-refractivity contribution in [2.24, 2.45) is 0 Å². The van der Waals surface area contributed by atoms with Crippen molar-refractivity contribution >= 4 is 23.0 Å². The largest absolute Gasteiger partial charge is 0.321 e. The highest BCUT2D eigenvalue weighted by molar-refractivity contribution is 6.04. The standard InChI is InChI=1S/C19H19N3O2/c1-3-6-16-18(22-12-5-4-7-17(22)21-16)19(24)20-15-10-8-14(9-11-15)13(2)23/h4-5,7-12H,3,6H2,1-2H3,(H,20,24). The quantitative estimate of drug-likeness (QED) is 0.728. The molecule has 3 rings (SSSR count). The lowest BCUT2D eigenvalue weighted by Crippen LogP contribution is -2.16. The number of carbonyl (C=O) groups excluding carboxylic acids is 2. The summed E-state index contributed by atoms with van der Waals surface area (Å²) in [6.07, 6.45) is 3.50. The number of amides is 1. The van der Waals surface area contributed by atoms with Crippen molar-refractivity contribution < 1.29 is 9.59 Å². The number of imidazole rings is 1. The first-order chi connectivity index (χ1) is 11.6. The molecule has 0 aliphatic carbocycles. The maximum atomic E-state index is 12.8. The van der Waals surface area contributed by atoms with Crippen LogP contribution in [0.25, 0.3) is 5.65 Å².